The van der Waals surface area contributed by atoms with Crippen molar-refractivity contribution >= 4 is 10.9 Å². The van der Waals surface area contributed by atoms with Gasteiger partial charge in [0, 0.05) is 23.9 Å². The fourth-order valence-corrected chi connectivity index (χ4v) is 3.39. The first kappa shape index (κ1) is 21.0. The summed E-state index contributed by atoms with van der Waals surface area (Å²) in [6, 6.07) is 11.0. The zero-order valence-electron chi connectivity index (χ0n) is 15.6. The Balaban J connectivity index is 0.00000288. The van der Waals surface area contributed by atoms with E-state index in [1.807, 2.05) is 0 Å². The van der Waals surface area contributed by atoms with Gasteiger partial charge < -0.3 is 12.4 Å². The molecule has 0 fully saturated rings. The summed E-state index contributed by atoms with van der Waals surface area (Å²) >= 11 is 0. The van der Waals surface area contributed by atoms with Crippen LogP contribution in [0.15, 0.2) is 36.5 Å². The summed E-state index contributed by atoms with van der Waals surface area (Å²) in [5.41, 5.74) is 2.75. The van der Waals surface area contributed by atoms with Gasteiger partial charge >= 0.3 is 0 Å². The number of aryl methyl sites for hydroxylation is 2. The van der Waals surface area contributed by atoms with Crippen LogP contribution in [0.5, 0.6) is 0 Å². The van der Waals surface area contributed by atoms with Gasteiger partial charge in [0.2, 0.25) is 5.52 Å². The fourth-order valence-electron chi connectivity index (χ4n) is 3.39. The number of unbranched alkanes of at least 4 members (excludes halogenated alkanes) is 9. The maximum absolute atomic E-state index is 2.42. The molecule has 0 aliphatic rings. The number of nitrogens with zero attached hydrogens (tertiary/aromatic N) is 1. The second-order valence-corrected chi connectivity index (χ2v) is 6.89. The van der Waals surface area contributed by atoms with E-state index >= 15 is 0 Å². The van der Waals surface area contributed by atoms with Crippen LogP contribution in [-0.4, -0.2) is 0 Å². The molecule has 0 bridgehead atoms. The molecule has 1 aromatic carbocycles. The Morgan fingerprint density at radius 2 is 1.33 bits per heavy atom. The van der Waals surface area contributed by atoms with E-state index in [2.05, 4.69) is 54.9 Å². The highest BCUT2D eigenvalue weighted by atomic mass is 35.5. The number of rotatable bonds is 11. The molecule has 0 N–H and O–H groups in total. The molecule has 0 saturated carbocycles. The predicted molar refractivity (Wildman–Crippen MR) is 101 cm³/mol. The topological polar surface area (TPSA) is 3.88 Å². The summed E-state index contributed by atoms with van der Waals surface area (Å²) in [5.74, 6) is 0. The van der Waals surface area contributed by atoms with E-state index in [1.165, 1.54) is 80.7 Å². The molecule has 0 aliphatic carbocycles. The highest BCUT2D eigenvalue weighted by molar-refractivity contribution is 5.78. The Labute approximate surface area is 154 Å². The van der Waals surface area contributed by atoms with Gasteiger partial charge in [-0.25, -0.2) is 0 Å². The second-order valence-electron chi connectivity index (χ2n) is 6.89. The summed E-state index contributed by atoms with van der Waals surface area (Å²) < 4.78 is 2.42. The van der Waals surface area contributed by atoms with Crippen molar-refractivity contribution in [2.24, 2.45) is 0 Å². The molecule has 0 atom stereocenters. The van der Waals surface area contributed by atoms with E-state index in [-0.39, 0.29) is 12.4 Å². The van der Waals surface area contributed by atoms with Crippen LogP contribution in [0, 0.1) is 6.92 Å². The maximum atomic E-state index is 2.42. The first-order chi connectivity index (χ1) is 11.3. The van der Waals surface area contributed by atoms with Crippen LogP contribution in [0.3, 0.4) is 0 Å². The molecule has 0 unspecified atom stereocenters. The number of aromatic nitrogens is 1. The van der Waals surface area contributed by atoms with E-state index in [0.717, 1.165) is 6.54 Å². The predicted octanol–water partition coefficient (Wildman–Crippen LogP) is 3.36. The summed E-state index contributed by atoms with van der Waals surface area (Å²) in [7, 11) is 0. The average molecular weight is 348 g/mol. The van der Waals surface area contributed by atoms with Crippen LogP contribution in [0.4, 0.5) is 0 Å². The number of hydrogen-bond donors (Lipinski definition) is 0. The molecular formula is C22H34ClN. The molecule has 2 heteroatoms. The van der Waals surface area contributed by atoms with E-state index in [0.29, 0.717) is 0 Å². The summed E-state index contributed by atoms with van der Waals surface area (Å²) in [6.45, 7) is 5.64. The van der Waals surface area contributed by atoms with Crippen LogP contribution in [0.2, 0.25) is 0 Å². The van der Waals surface area contributed by atoms with Crippen LogP contribution in [0.1, 0.15) is 76.7 Å². The van der Waals surface area contributed by atoms with Gasteiger partial charge in [-0.2, -0.15) is 4.57 Å². The fraction of sp³-hybridized carbons (Fsp3) is 0.591. The lowest BCUT2D eigenvalue weighted by atomic mass is 10.1. The molecule has 24 heavy (non-hydrogen) atoms. The number of para-hydroxylation sites is 1. The number of fused-ring (bicyclic) bond motifs is 1. The van der Waals surface area contributed by atoms with Crippen LogP contribution < -0.4 is 17.0 Å². The van der Waals surface area contributed by atoms with Crippen molar-refractivity contribution in [2.75, 3.05) is 0 Å². The molecule has 0 amide bonds. The molecule has 1 nitrogen and oxygen atoms in total. The minimum atomic E-state index is 0. The van der Waals surface area contributed by atoms with E-state index in [1.54, 1.807) is 0 Å². The van der Waals surface area contributed by atoms with Gasteiger partial charge in [-0.3, -0.25) is 0 Å². The van der Waals surface area contributed by atoms with Crippen LogP contribution in [0.25, 0.3) is 10.9 Å². The van der Waals surface area contributed by atoms with Crippen molar-refractivity contribution in [3.05, 3.63) is 42.1 Å². The lowest BCUT2D eigenvalue weighted by molar-refractivity contribution is -0.671. The number of pyridine rings is 1. The molecule has 2 rings (SSSR count). The Hall–Kier alpha value is -1.08. The third-order valence-electron chi connectivity index (χ3n) is 4.90. The van der Waals surface area contributed by atoms with Gasteiger partial charge in [-0.05, 0) is 25.0 Å². The Bertz CT molecular complexity index is 579. The first-order valence-electron chi connectivity index (χ1n) is 9.70. The summed E-state index contributed by atoms with van der Waals surface area (Å²) in [5, 5.41) is 1.39. The van der Waals surface area contributed by atoms with Gasteiger partial charge in [-0.15, -0.1) is 0 Å². The number of halogens is 1. The number of benzene rings is 1. The van der Waals surface area contributed by atoms with Gasteiger partial charge in [0.25, 0.3) is 0 Å². The van der Waals surface area contributed by atoms with Crippen molar-refractivity contribution in [2.45, 2.75) is 84.6 Å². The number of hydrogen-bond acceptors (Lipinski definition) is 0. The monoisotopic (exact) mass is 347 g/mol. The van der Waals surface area contributed by atoms with Crippen molar-refractivity contribution in [3.8, 4) is 0 Å². The standard InChI is InChI=1S/C22H34N.ClH/c1-3-4-5-6-7-8-9-10-11-14-18-23-19-17-20(2)21-15-12-13-16-22(21)23;/h12-13,15-17,19H,3-11,14,18H2,1-2H3;1H/q+1;/p-1. The molecule has 1 aromatic heterocycles. The average Bonchev–Trinajstić information content (AvgIpc) is 2.58. The summed E-state index contributed by atoms with van der Waals surface area (Å²) in [6.07, 6.45) is 16.3. The van der Waals surface area contributed by atoms with E-state index in [9.17, 15) is 0 Å². The second kappa shape index (κ2) is 12.3. The van der Waals surface area contributed by atoms with Crippen molar-refractivity contribution in [3.63, 3.8) is 0 Å². The normalized spacial score (nSPS) is 10.8. The molecule has 2 aromatic rings. The zero-order valence-corrected chi connectivity index (χ0v) is 16.3. The van der Waals surface area contributed by atoms with Crippen molar-refractivity contribution in [1.29, 1.82) is 0 Å². The van der Waals surface area contributed by atoms with Crippen LogP contribution >= 0.6 is 0 Å². The highest BCUT2D eigenvalue weighted by Gasteiger charge is 2.09. The Morgan fingerprint density at radius 1 is 0.750 bits per heavy atom. The quantitative estimate of drug-likeness (QED) is 0.433. The van der Waals surface area contributed by atoms with Gasteiger partial charge in [-0.1, -0.05) is 70.4 Å². The minimum absolute atomic E-state index is 0. The molecule has 0 saturated heterocycles. The third-order valence-corrected chi connectivity index (χ3v) is 4.90. The lowest BCUT2D eigenvalue weighted by Crippen LogP contribution is -3.00. The molecule has 134 valence electrons. The van der Waals surface area contributed by atoms with Gasteiger partial charge in [0.1, 0.15) is 6.54 Å². The lowest BCUT2D eigenvalue weighted by Gasteiger charge is -2.04. The van der Waals surface area contributed by atoms with Gasteiger partial charge in [0.15, 0.2) is 6.20 Å². The molecule has 0 radical (unpaired) electrons. The highest BCUT2D eigenvalue weighted by Crippen LogP contribution is 2.14. The molecule has 1 heterocycles. The summed E-state index contributed by atoms with van der Waals surface area (Å²) in [4.78, 5) is 0. The minimum Gasteiger partial charge on any atom is -1.00 e. The largest absolute Gasteiger partial charge is 1.00 e. The third kappa shape index (κ3) is 6.81. The molecular weight excluding hydrogens is 314 g/mol. The Kier molecular flexibility index (Phi) is 10.7. The van der Waals surface area contributed by atoms with E-state index in [4.69, 9.17) is 0 Å². The smallest absolute Gasteiger partial charge is 0.212 e. The Morgan fingerprint density at radius 3 is 2.00 bits per heavy atom. The first-order valence-corrected chi connectivity index (χ1v) is 9.70. The van der Waals surface area contributed by atoms with Crippen molar-refractivity contribution < 1.29 is 17.0 Å². The maximum Gasteiger partial charge on any atom is 0.212 e. The molecule has 0 aliphatic heterocycles. The SMILES string of the molecule is CCCCCCCCCCCC[n+]1ccc(C)c2ccccc21.[Cl-]. The van der Waals surface area contributed by atoms with Crippen LogP contribution in [-0.2, 0) is 6.54 Å². The zero-order chi connectivity index (χ0) is 16.3. The molecule has 0 spiro atoms. The van der Waals surface area contributed by atoms with Gasteiger partial charge in [0.05, 0.1) is 0 Å². The van der Waals surface area contributed by atoms with Crippen molar-refractivity contribution in [1.82, 2.24) is 0 Å². The van der Waals surface area contributed by atoms with E-state index < -0.39 is 0 Å².